The molecule has 6 heteroatoms. The van der Waals surface area contributed by atoms with Crippen LogP contribution < -0.4 is 9.64 Å². The normalized spacial score (nSPS) is 10.1. The molecule has 0 unspecified atom stereocenters. The summed E-state index contributed by atoms with van der Waals surface area (Å²) in [6.45, 7) is 0.771. The van der Waals surface area contributed by atoms with E-state index in [9.17, 15) is 4.79 Å². The fourth-order valence-corrected chi connectivity index (χ4v) is 1.69. The van der Waals surface area contributed by atoms with Crippen molar-refractivity contribution in [1.82, 2.24) is 9.97 Å². The zero-order chi connectivity index (χ0) is 15.1. The minimum Gasteiger partial charge on any atom is -0.481 e. The Morgan fingerprint density at radius 3 is 2.76 bits per heavy atom. The molecule has 1 N–H and O–H groups in total. The number of rotatable bonds is 7. The Balaban J connectivity index is 1.95. The number of ether oxygens (including phenoxy) is 1. The molecular weight excluding hydrogens is 270 g/mol. The smallest absolute Gasteiger partial charge is 0.305 e. The van der Waals surface area contributed by atoms with Gasteiger partial charge < -0.3 is 14.7 Å². The Labute approximate surface area is 123 Å². The largest absolute Gasteiger partial charge is 0.481 e. The molecule has 0 saturated heterocycles. The Hall–Kier alpha value is -2.63. The van der Waals surface area contributed by atoms with E-state index in [0.29, 0.717) is 25.0 Å². The second kappa shape index (κ2) is 7.23. The Bertz CT molecular complexity index is 590. The van der Waals surface area contributed by atoms with Gasteiger partial charge in [0.15, 0.2) is 0 Å². The van der Waals surface area contributed by atoms with Crippen molar-refractivity contribution in [2.45, 2.75) is 13.0 Å². The van der Waals surface area contributed by atoms with E-state index in [0.717, 1.165) is 5.56 Å². The number of aromatic nitrogens is 2. The molecule has 0 aliphatic heterocycles. The van der Waals surface area contributed by atoms with Crippen molar-refractivity contribution < 1.29 is 14.6 Å². The van der Waals surface area contributed by atoms with Crippen molar-refractivity contribution in [2.24, 2.45) is 0 Å². The maximum Gasteiger partial charge on any atom is 0.305 e. The lowest BCUT2D eigenvalue weighted by Gasteiger charge is -2.16. The molecule has 0 aliphatic carbocycles. The first-order chi connectivity index (χ1) is 10.1. The van der Waals surface area contributed by atoms with Crippen LogP contribution in [0.4, 0.5) is 5.95 Å². The van der Waals surface area contributed by atoms with Gasteiger partial charge in [0, 0.05) is 25.9 Å². The summed E-state index contributed by atoms with van der Waals surface area (Å²) in [5.41, 5.74) is 1.05. The van der Waals surface area contributed by atoms with Crippen LogP contribution in [0.3, 0.4) is 0 Å². The van der Waals surface area contributed by atoms with E-state index in [-0.39, 0.29) is 6.42 Å². The topological polar surface area (TPSA) is 75.6 Å². The average Bonchev–Trinajstić information content (AvgIpc) is 2.52. The third-order valence-corrected chi connectivity index (χ3v) is 2.85. The number of carboxylic acids is 1. The van der Waals surface area contributed by atoms with E-state index in [1.807, 2.05) is 30.3 Å². The first kappa shape index (κ1) is 14.8. The lowest BCUT2D eigenvalue weighted by molar-refractivity contribution is -0.136. The molecule has 1 aromatic carbocycles. The molecule has 0 spiro atoms. The summed E-state index contributed by atoms with van der Waals surface area (Å²) in [5, 5.41) is 8.68. The zero-order valence-electron chi connectivity index (χ0n) is 11.8. The predicted octanol–water partition coefficient (Wildman–Crippen LogP) is 1.97. The summed E-state index contributed by atoms with van der Waals surface area (Å²) in [5.74, 6) is 0.0613. The predicted molar refractivity (Wildman–Crippen MR) is 78.3 cm³/mol. The van der Waals surface area contributed by atoms with Gasteiger partial charge in [0.25, 0.3) is 0 Å². The molecule has 1 aromatic heterocycles. The summed E-state index contributed by atoms with van der Waals surface area (Å²) < 4.78 is 5.61. The molecule has 0 fully saturated rings. The van der Waals surface area contributed by atoms with E-state index >= 15 is 0 Å². The van der Waals surface area contributed by atoms with Gasteiger partial charge in [-0.15, -0.1) is 0 Å². The van der Waals surface area contributed by atoms with Crippen molar-refractivity contribution >= 4 is 11.9 Å². The highest BCUT2D eigenvalue weighted by Crippen LogP contribution is 2.13. The molecule has 1 heterocycles. The van der Waals surface area contributed by atoms with E-state index in [2.05, 4.69) is 9.97 Å². The van der Waals surface area contributed by atoms with Crippen LogP contribution in [0.2, 0.25) is 0 Å². The second-order valence-corrected chi connectivity index (χ2v) is 4.53. The van der Waals surface area contributed by atoms with Gasteiger partial charge >= 0.3 is 5.97 Å². The molecule has 2 aromatic rings. The quantitative estimate of drug-likeness (QED) is 0.839. The number of hydrogen-bond donors (Lipinski definition) is 1. The standard InChI is InChI=1S/C15H17N3O3/c1-18(10-8-14(19)20)15-16-9-7-13(17-15)21-11-12-5-3-2-4-6-12/h2-7,9H,8,10-11H2,1H3,(H,19,20). The van der Waals surface area contributed by atoms with E-state index in [4.69, 9.17) is 9.84 Å². The van der Waals surface area contributed by atoms with Gasteiger partial charge in [-0.1, -0.05) is 30.3 Å². The number of nitrogens with zero attached hydrogens (tertiary/aromatic N) is 3. The third-order valence-electron chi connectivity index (χ3n) is 2.85. The first-order valence-corrected chi connectivity index (χ1v) is 6.58. The lowest BCUT2D eigenvalue weighted by Crippen LogP contribution is -2.23. The second-order valence-electron chi connectivity index (χ2n) is 4.53. The van der Waals surface area contributed by atoms with E-state index < -0.39 is 5.97 Å². The van der Waals surface area contributed by atoms with Crippen molar-refractivity contribution in [3.8, 4) is 5.88 Å². The number of aliphatic carboxylic acids is 1. The van der Waals surface area contributed by atoms with Crippen LogP contribution >= 0.6 is 0 Å². The minimum atomic E-state index is -0.849. The van der Waals surface area contributed by atoms with Gasteiger partial charge in [0.2, 0.25) is 11.8 Å². The van der Waals surface area contributed by atoms with Crippen molar-refractivity contribution in [3.63, 3.8) is 0 Å². The van der Waals surface area contributed by atoms with Crippen LogP contribution in [-0.4, -0.2) is 34.6 Å². The van der Waals surface area contributed by atoms with Crippen LogP contribution in [0.25, 0.3) is 0 Å². The molecule has 0 amide bonds. The summed E-state index contributed by atoms with van der Waals surface area (Å²) in [4.78, 5) is 20.6. The maximum absolute atomic E-state index is 10.6. The Kier molecular flexibility index (Phi) is 5.09. The number of benzene rings is 1. The molecule has 6 nitrogen and oxygen atoms in total. The minimum absolute atomic E-state index is 0.0367. The number of anilines is 1. The molecular formula is C15H17N3O3. The van der Waals surface area contributed by atoms with Gasteiger partial charge in [-0.3, -0.25) is 4.79 Å². The monoisotopic (exact) mass is 287 g/mol. The molecule has 0 atom stereocenters. The highest BCUT2D eigenvalue weighted by atomic mass is 16.5. The summed E-state index contributed by atoms with van der Waals surface area (Å²) in [6.07, 6.45) is 1.63. The van der Waals surface area contributed by atoms with Gasteiger partial charge in [-0.25, -0.2) is 4.98 Å². The van der Waals surface area contributed by atoms with Crippen molar-refractivity contribution in [1.29, 1.82) is 0 Å². The first-order valence-electron chi connectivity index (χ1n) is 6.58. The summed E-state index contributed by atoms with van der Waals surface area (Å²) >= 11 is 0. The van der Waals surface area contributed by atoms with E-state index in [1.165, 1.54) is 0 Å². The summed E-state index contributed by atoms with van der Waals surface area (Å²) in [6, 6.07) is 11.5. The molecule has 0 radical (unpaired) electrons. The molecule has 0 saturated carbocycles. The average molecular weight is 287 g/mol. The highest BCUT2D eigenvalue weighted by molar-refractivity contribution is 5.67. The SMILES string of the molecule is CN(CCC(=O)O)c1nccc(OCc2ccccc2)n1. The van der Waals surface area contributed by atoms with Crippen LogP contribution in [0.1, 0.15) is 12.0 Å². The van der Waals surface area contributed by atoms with Crippen molar-refractivity contribution in [2.75, 3.05) is 18.5 Å². The third kappa shape index (κ3) is 4.76. The van der Waals surface area contributed by atoms with Crippen LogP contribution in [0.15, 0.2) is 42.6 Å². The number of carboxylic acid groups (broad SMARTS) is 1. The van der Waals surface area contributed by atoms with Gasteiger partial charge in [-0.05, 0) is 5.56 Å². The van der Waals surface area contributed by atoms with E-state index in [1.54, 1.807) is 24.2 Å². The fraction of sp³-hybridized carbons (Fsp3) is 0.267. The Morgan fingerprint density at radius 1 is 1.29 bits per heavy atom. The van der Waals surface area contributed by atoms with Crippen molar-refractivity contribution in [3.05, 3.63) is 48.2 Å². The molecule has 21 heavy (non-hydrogen) atoms. The van der Waals surface area contributed by atoms with Gasteiger partial charge in [0.1, 0.15) is 6.61 Å². The molecule has 0 aliphatic rings. The van der Waals surface area contributed by atoms with Crippen LogP contribution in [0.5, 0.6) is 5.88 Å². The lowest BCUT2D eigenvalue weighted by atomic mass is 10.2. The van der Waals surface area contributed by atoms with Crippen LogP contribution in [-0.2, 0) is 11.4 Å². The zero-order valence-corrected chi connectivity index (χ0v) is 11.8. The summed E-state index contributed by atoms with van der Waals surface area (Å²) in [7, 11) is 1.75. The molecule has 0 bridgehead atoms. The van der Waals surface area contributed by atoms with Gasteiger partial charge in [0.05, 0.1) is 6.42 Å². The molecule has 110 valence electrons. The van der Waals surface area contributed by atoms with Crippen LogP contribution in [0, 0.1) is 0 Å². The maximum atomic E-state index is 10.6. The molecule has 2 rings (SSSR count). The fourth-order valence-electron chi connectivity index (χ4n) is 1.69. The highest BCUT2D eigenvalue weighted by Gasteiger charge is 2.08. The number of carbonyl (C=O) groups is 1. The van der Waals surface area contributed by atoms with Gasteiger partial charge in [-0.2, -0.15) is 4.98 Å². The Morgan fingerprint density at radius 2 is 2.05 bits per heavy atom. The number of hydrogen-bond acceptors (Lipinski definition) is 5.